The third-order valence-electron chi connectivity index (χ3n) is 4.54. The molecule has 2 aromatic carbocycles. The summed E-state index contributed by atoms with van der Waals surface area (Å²) in [4.78, 5) is 4.07. The Balaban J connectivity index is 1.63. The van der Waals surface area contributed by atoms with Gasteiger partial charge in [-0.15, -0.1) is 0 Å². The molecule has 26 heavy (non-hydrogen) atoms. The Bertz CT molecular complexity index is 770. The van der Waals surface area contributed by atoms with Crippen LogP contribution in [-0.2, 0) is 0 Å². The van der Waals surface area contributed by atoms with Crippen LogP contribution in [-0.4, -0.2) is 36.8 Å². The largest absolute Gasteiger partial charge is 0.497 e. The predicted octanol–water partition coefficient (Wildman–Crippen LogP) is 2.45. The zero-order valence-corrected chi connectivity index (χ0v) is 15.9. The van der Waals surface area contributed by atoms with Crippen LogP contribution in [0.3, 0.4) is 0 Å². The van der Waals surface area contributed by atoms with Gasteiger partial charge in [-0.05, 0) is 73.0 Å². The maximum absolute atomic E-state index is 5.57. The van der Waals surface area contributed by atoms with Crippen LogP contribution in [0.25, 0.3) is 0 Å². The van der Waals surface area contributed by atoms with Crippen LogP contribution in [0, 0.1) is 0 Å². The van der Waals surface area contributed by atoms with E-state index < -0.39 is 0 Å². The Morgan fingerprint density at radius 3 is 1.35 bits per heavy atom. The van der Waals surface area contributed by atoms with E-state index >= 15 is 0 Å². The highest BCUT2D eigenvalue weighted by Gasteiger charge is 2.48. The normalized spacial score (nSPS) is 21.3. The molecule has 0 aromatic heterocycles. The van der Waals surface area contributed by atoms with Crippen molar-refractivity contribution in [1.82, 2.24) is 10.6 Å². The zero-order chi connectivity index (χ0) is 18.3. The van der Waals surface area contributed by atoms with Gasteiger partial charge in [0, 0.05) is 11.4 Å². The van der Waals surface area contributed by atoms with Crippen molar-refractivity contribution < 1.29 is 9.47 Å². The third kappa shape index (κ3) is 2.71. The molecule has 2 fully saturated rings. The monoisotopic (exact) mass is 386 g/mol. The number of hydrogen-bond acceptors (Lipinski definition) is 4. The van der Waals surface area contributed by atoms with Crippen molar-refractivity contribution in [2.24, 2.45) is 0 Å². The first-order valence-electron chi connectivity index (χ1n) is 8.10. The standard InChI is InChI=1S/C18H18N4O2S2/c1-23-13-7-3-11(4-8-13)21-15-16(20-17(21)25)22(18(26)19-15)12-5-9-14(24-2)10-6-12/h3-10,15-16H,1-2H3,(H,19,26)(H,20,25). The number of methoxy groups -OCH3 is 2. The summed E-state index contributed by atoms with van der Waals surface area (Å²) < 4.78 is 10.5. The fourth-order valence-corrected chi connectivity index (χ4v) is 3.93. The lowest BCUT2D eigenvalue weighted by atomic mass is 10.2. The highest BCUT2D eigenvalue weighted by molar-refractivity contribution is 7.81. The van der Waals surface area contributed by atoms with E-state index in [1.54, 1.807) is 14.2 Å². The summed E-state index contributed by atoms with van der Waals surface area (Å²) in [5.74, 6) is 1.61. The second-order valence-corrected chi connectivity index (χ2v) is 6.70. The molecule has 2 heterocycles. The smallest absolute Gasteiger partial charge is 0.177 e. The van der Waals surface area contributed by atoms with Crippen LogP contribution in [0.5, 0.6) is 11.5 Å². The molecule has 0 radical (unpaired) electrons. The summed E-state index contributed by atoms with van der Waals surface area (Å²) in [6.07, 6.45) is -0.184. The van der Waals surface area contributed by atoms with Gasteiger partial charge in [-0.2, -0.15) is 0 Å². The van der Waals surface area contributed by atoms with Gasteiger partial charge in [0.1, 0.15) is 23.8 Å². The van der Waals surface area contributed by atoms with E-state index in [2.05, 4.69) is 10.6 Å². The Morgan fingerprint density at radius 2 is 1.04 bits per heavy atom. The molecule has 2 aromatic rings. The summed E-state index contributed by atoms with van der Waals surface area (Å²) in [6.45, 7) is 0. The van der Waals surface area contributed by atoms with Crippen LogP contribution < -0.4 is 29.9 Å². The summed E-state index contributed by atoms with van der Waals surface area (Å²) in [6, 6.07) is 15.6. The van der Waals surface area contributed by atoms with E-state index in [0.29, 0.717) is 10.2 Å². The number of thiocarbonyl (C=S) groups is 2. The Hall–Kier alpha value is -2.58. The van der Waals surface area contributed by atoms with Crippen LogP contribution in [0.1, 0.15) is 0 Å². The Labute approximate surface area is 162 Å². The number of rotatable bonds is 4. The lowest BCUT2D eigenvalue weighted by Gasteiger charge is -2.23. The molecule has 2 aliphatic heterocycles. The number of fused-ring (bicyclic) bond motifs is 1. The van der Waals surface area contributed by atoms with E-state index in [9.17, 15) is 0 Å². The summed E-state index contributed by atoms with van der Waals surface area (Å²) >= 11 is 11.1. The van der Waals surface area contributed by atoms with Gasteiger partial charge in [0.05, 0.1) is 14.2 Å². The van der Waals surface area contributed by atoms with Crippen LogP contribution in [0.2, 0.25) is 0 Å². The molecule has 4 rings (SSSR count). The van der Waals surface area contributed by atoms with E-state index in [1.165, 1.54) is 0 Å². The summed E-state index contributed by atoms with van der Waals surface area (Å²) in [5.41, 5.74) is 1.95. The lowest BCUT2D eigenvalue weighted by molar-refractivity contribution is 0.414. The Kier molecular flexibility index (Phi) is 4.29. The van der Waals surface area contributed by atoms with Crippen LogP contribution >= 0.6 is 24.4 Å². The van der Waals surface area contributed by atoms with Crippen molar-refractivity contribution in [1.29, 1.82) is 0 Å². The highest BCUT2D eigenvalue weighted by atomic mass is 32.1. The van der Waals surface area contributed by atoms with Gasteiger partial charge in [0.15, 0.2) is 10.2 Å². The van der Waals surface area contributed by atoms with Crippen molar-refractivity contribution in [2.45, 2.75) is 12.3 Å². The number of hydrogen-bond donors (Lipinski definition) is 2. The van der Waals surface area contributed by atoms with Crippen molar-refractivity contribution in [3.05, 3.63) is 48.5 Å². The summed E-state index contributed by atoms with van der Waals surface area (Å²) in [7, 11) is 3.30. The average Bonchev–Trinajstić information content (AvgIpc) is 3.14. The van der Waals surface area contributed by atoms with Crippen LogP contribution in [0.4, 0.5) is 11.4 Å². The molecule has 2 saturated heterocycles. The van der Waals surface area contributed by atoms with Crippen molar-refractivity contribution in [2.75, 3.05) is 24.0 Å². The fraction of sp³-hybridized carbons (Fsp3) is 0.222. The second-order valence-electron chi connectivity index (χ2n) is 5.92. The first-order valence-corrected chi connectivity index (χ1v) is 8.91. The third-order valence-corrected chi connectivity index (χ3v) is 5.17. The van der Waals surface area contributed by atoms with Gasteiger partial charge >= 0.3 is 0 Å². The van der Waals surface area contributed by atoms with Gasteiger partial charge in [-0.3, -0.25) is 9.80 Å². The van der Waals surface area contributed by atoms with Gasteiger partial charge in [-0.1, -0.05) is 0 Å². The SMILES string of the molecule is COc1ccc(N2C(=S)NC3C2NC(=S)N3c2ccc(OC)cc2)cc1. The van der Waals surface area contributed by atoms with Gasteiger partial charge in [0.2, 0.25) is 0 Å². The van der Waals surface area contributed by atoms with Crippen molar-refractivity contribution >= 4 is 46.0 Å². The first kappa shape index (κ1) is 16.9. The molecule has 8 heteroatoms. The fourth-order valence-electron chi connectivity index (χ4n) is 3.26. The topological polar surface area (TPSA) is 49.0 Å². The number of nitrogens with one attached hydrogen (secondary N) is 2. The van der Waals surface area contributed by atoms with E-state index in [-0.39, 0.29) is 12.3 Å². The zero-order valence-electron chi connectivity index (χ0n) is 14.3. The van der Waals surface area contributed by atoms with E-state index in [4.69, 9.17) is 33.9 Å². The molecule has 0 aliphatic carbocycles. The molecule has 0 spiro atoms. The minimum absolute atomic E-state index is 0.0921. The minimum Gasteiger partial charge on any atom is -0.497 e. The number of benzene rings is 2. The van der Waals surface area contributed by atoms with Gasteiger partial charge in [-0.25, -0.2) is 0 Å². The van der Waals surface area contributed by atoms with Gasteiger partial charge < -0.3 is 20.1 Å². The number of nitrogens with zero attached hydrogens (tertiary/aromatic N) is 2. The number of anilines is 2. The molecule has 0 amide bonds. The molecule has 2 atom stereocenters. The highest BCUT2D eigenvalue weighted by Crippen LogP contribution is 2.32. The van der Waals surface area contributed by atoms with E-state index in [0.717, 1.165) is 22.9 Å². The van der Waals surface area contributed by atoms with Crippen LogP contribution in [0.15, 0.2) is 48.5 Å². The Morgan fingerprint density at radius 1 is 0.692 bits per heavy atom. The van der Waals surface area contributed by atoms with Crippen molar-refractivity contribution in [3.8, 4) is 11.5 Å². The van der Waals surface area contributed by atoms with E-state index in [1.807, 2.05) is 58.3 Å². The molecular formula is C18H18N4O2S2. The summed E-state index contributed by atoms with van der Waals surface area (Å²) in [5, 5.41) is 8.05. The molecule has 0 saturated carbocycles. The number of ether oxygens (including phenoxy) is 2. The average molecular weight is 387 g/mol. The molecule has 2 unspecified atom stereocenters. The second kappa shape index (κ2) is 6.62. The molecule has 0 bridgehead atoms. The lowest BCUT2D eigenvalue weighted by Crippen LogP contribution is -2.43. The van der Waals surface area contributed by atoms with Crippen molar-refractivity contribution in [3.63, 3.8) is 0 Å². The molecule has 2 N–H and O–H groups in total. The first-order chi connectivity index (χ1) is 12.6. The van der Waals surface area contributed by atoms with Gasteiger partial charge in [0.25, 0.3) is 0 Å². The molecule has 134 valence electrons. The maximum Gasteiger partial charge on any atom is 0.177 e. The quantitative estimate of drug-likeness (QED) is 0.778. The molecular weight excluding hydrogens is 368 g/mol. The molecule has 6 nitrogen and oxygen atoms in total. The minimum atomic E-state index is -0.0921. The maximum atomic E-state index is 5.57. The predicted molar refractivity (Wildman–Crippen MR) is 110 cm³/mol. The molecule has 2 aliphatic rings.